The van der Waals surface area contributed by atoms with Crippen LogP contribution in [0, 0.1) is 5.82 Å². The van der Waals surface area contributed by atoms with Crippen LogP contribution in [-0.2, 0) is 13.0 Å². The van der Waals surface area contributed by atoms with Gasteiger partial charge < -0.3 is 14.4 Å². The third-order valence-corrected chi connectivity index (χ3v) is 5.92. The molecule has 0 spiro atoms. The second kappa shape index (κ2) is 8.50. The minimum absolute atomic E-state index is 0.176. The van der Waals surface area contributed by atoms with Crippen molar-refractivity contribution in [2.45, 2.75) is 13.0 Å². The van der Waals surface area contributed by atoms with E-state index >= 15 is 0 Å². The molecule has 0 N–H and O–H groups in total. The number of benzene rings is 3. The first-order chi connectivity index (χ1) is 16.1. The summed E-state index contributed by atoms with van der Waals surface area (Å²) in [5.74, 6) is 1.32. The Hall–Kier alpha value is -4.00. The van der Waals surface area contributed by atoms with E-state index in [4.69, 9.17) is 9.47 Å². The minimum atomic E-state index is -0.339. The van der Waals surface area contributed by atoms with Crippen molar-refractivity contribution in [3.63, 3.8) is 0 Å². The molecule has 33 heavy (non-hydrogen) atoms. The Morgan fingerprint density at radius 2 is 1.79 bits per heavy atom. The van der Waals surface area contributed by atoms with E-state index in [-0.39, 0.29) is 11.7 Å². The standard InChI is InChI=1S/C26H22FN3O3/c1-32-19-13-17-15-30(12-11-20(17)23(14-19)33-2)26(31)24-21-5-3-4-6-22(21)28-25(29-24)16-7-9-18(27)10-8-16/h3-10,13-14H,11-12,15H2,1-2H3. The van der Waals surface area contributed by atoms with Gasteiger partial charge in [0.05, 0.1) is 19.7 Å². The highest BCUT2D eigenvalue weighted by Gasteiger charge is 2.27. The molecule has 3 aromatic carbocycles. The smallest absolute Gasteiger partial charge is 0.273 e. The number of halogens is 1. The summed E-state index contributed by atoms with van der Waals surface area (Å²) in [5, 5.41) is 0.683. The molecule has 2 heterocycles. The van der Waals surface area contributed by atoms with Crippen LogP contribution < -0.4 is 9.47 Å². The van der Waals surface area contributed by atoms with E-state index in [1.54, 1.807) is 31.3 Å². The molecular formula is C26H22FN3O3. The SMILES string of the molecule is COc1cc2c(c(OC)c1)CCN(C(=O)c1nc(-c3ccc(F)cc3)nc3ccccc13)C2. The zero-order valence-corrected chi connectivity index (χ0v) is 18.3. The Morgan fingerprint density at radius 3 is 2.55 bits per heavy atom. The van der Waals surface area contributed by atoms with E-state index in [2.05, 4.69) is 9.97 Å². The summed E-state index contributed by atoms with van der Waals surface area (Å²) < 4.78 is 24.4. The van der Waals surface area contributed by atoms with Gasteiger partial charge in [0.25, 0.3) is 5.91 Å². The first kappa shape index (κ1) is 20.9. The lowest BCUT2D eigenvalue weighted by molar-refractivity contribution is 0.0730. The maximum Gasteiger partial charge on any atom is 0.273 e. The minimum Gasteiger partial charge on any atom is -0.497 e. The van der Waals surface area contributed by atoms with Crippen molar-refractivity contribution in [2.75, 3.05) is 20.8 Å². The van der Waals surface area contributed by atoms with Crippen molar-refractivity contribution in [2.24, 2.45) is 0 Å². The Kier molecular flexibility index (Phi) is 5.38. The molecule has 6 nitrogen and oxygen atoms in total. The van der Waals surface area contributed by atoms with Gasteiger partial charge in [-0.15, -0.1) is 0 Å². The fourth-order valence-electron chi connectivity index (χ4n) is 4.22. The largest absolute Gasteiger partial charge is 0.497 e. The van der Waals surface area contributed by atoms with Crippen LogP contribution in [0.1, 0.15) is 21.6 Å². The molecule has 0 saturated carbocycles. The molecule has 0 unspecified atom stereocenters. The lowest BCUT2D eigenvalue weighted by Gasteiger charge is -2.30. The quantitative estimate of drug-likeness (QED) is 0.459. The van der Waals surface area contributed by atoms with Crippen molar-refractivity contribution in [1.82, 2.24) is 14.9 Å². The average molecular weight is 443 g/mol. The summed E-state index contributed by atoms with van der Waals surface area (Å²) in [6, 6.07) is 17.2. The second-order valence-corrected chi connectivity index (χ2v) is 7.86. The van der Waals surface area contributed by atoms with Crippen molar-refractivity contribution in [1.29, 1.82) is 0 Å². The van der Waals surface area contributed by atoms with Crippen LogP contribution in [0.15, 0.2) is 60.7 Å². The molecular weight excluding hydrogens is 421 g/mol. The van der Waals surface area contributed by atoms with Gasteiger partial charge in [0.2, 0.25) is 0 Å². The zero-order valence-electron chi connectivity index (χ0n) is 18.3. The predicted molar refractivity (Wildman–Crippen MR) is 123 cm³/mol. The summed E-state index contributed by atoms with van der Waals surface area (Å²) in [5.41, 5.74) is 3.72. The summed E-state index contributed by atoms with van der Waals surface area (Å²) in [6.07, 6.45) is 0.669. The second-order valence-electron chi connectivity index (χ2n) is 7.86. The number of amides is 1. The molecule has 0 bridgehead atoms. The highest BCUT2D eigenvalue weighted by atomic mass is 19.1. The van der Waals surface area contributed by atoms with E-state index in [0.29, 0.717) is 53.2 Å². The zero-order chi connectivity index (χ0) is 22.9. The van der Waals surface area contributed by atoms with Crippen LogP contribution in [-0.4, -0.2) is 41.5 Å². The number of para-hydroxylation sites is 1. The number of carbonyl (C=O) groups is 1. The molecule has 0 radical (unpaired) electrons. The molecule has 0 aliphatic carbocycles. The lowest BCUT2D eigenvalue weighted by atomic mass is 9.97. The van der Waals surface area contributed by atoms with E-state index in [9.17, 15) is 9.18 Å². The number of rotatable bonds is 4. The molecule has 1 aliphatic heterocycles. The topological polar surface area (TPSA) is 64.6 Å². The number of fused-ring (bicyclic) bond motifs is 2. The fourth-order valence-corrected chi connectivity index (χ4v) is 4.22. The highest BCUT2D eigenvalue weighted by molar-refractivity contribution is 6.05. The number of methoxy groups -OCH3 is 2. The summed E-state index contributed by atoms with van der Waals surface area (Å²) >= 11 is 0. The molecule has 1 amide bonds. The number of ether oxygens (including phenoxy) is 2. The number of hydrogen-bond donors (Lipinski definition) is 0. The van der Waals surface area contributed by atoms with E-state index in [0.717, 1.165) is 16.9 Å². The van der Waals surface area contributed by atoms with Crippen LogP contribution >= 0.6 is 0 Å². The molecule has 166 valence electrons. The van der Waals surface area contributed by atoms with Crippen LogP contribution in [0.4, 0.5) is 4.39 Å². The summed E-state index contributed by atoms with van der Waals surface area (Å²) in [7, 11) is 3.24. The first-order valence-corrected chi connectivity index (χ1v) is 10.6. The van der Waals surface area contributed by atoms with Gasteiger partial charge in [0.1, 0.15) is 23.0 Å². The van der Waals surface area contributed by atoms with Crippen LogP contribution in [0.5, 0.6) is 11.5 Å². The maximum absolute atomic E-state index is 13.7. The fraction of sp³-hybridized carbons (Fsp3) is 0.192. The Morgan fingerprint density at radius 1 is 1.00 bits per heavy atom. The third kappa shape index (κ3) is 3.86. The van der Waals surface area contributed by atoms with Crippen LogP contribution in [0.2, 0.25) is 0 Å². The highest BCUT2D eigenvalue weighted by Crippen LogP contribution is 2.33. The van der Waals surface area contributed by atoms with Crippen LogP contribution in [0.3, 0.4) is 0 Å². The number of hydrogen-bond acceptors (Lipinski definition) is 5. The van der Waals surface area contributed by atoms with Gasteiger partial charge in [-0.25, -0.2) is 14.4 Å². The molecule has 1 aliphatic rings. The summed E-state index contributed by atoms with van der Waals surface area (Å²) in [6.45, 7) is 0.963. The van der Waals surface area contributed by atoms with Gasteiger partial charge in [0.15, 0.2) is 5.82 Å². The number of carbonyl (C=O) groups excluding carboxylic acids is 1. The van der Waals surface area contributed by atoms with E-state index in [1.807, 2.05) is 36.4 Å². The third-order valence-electron chi connectivity index (χ3n) is 5.92. The number of nitrogens with zero attached hydrogens (tertiary/aromatic N) is 3. The van der Waals surface area contributed by atoms with Crippen molar-refractivity contribution in [3.05, 3.63) is 83.3 Å². The van der Waals surface area contributed by atoms with Gasteiger partial charge in [-0.2, -0.15) is 0 Å². The van der Waals surface area contributed by atoms with Crippen LogP contribution in [0.25, 0.3) is 22.3 Å². The molecule has 1 aromatic heterocycles. The Bertz CT molecular complexity index is 1360. The predicted octanol–water partition coefficient (Wildman–Crippen LogP) is 4.65. The number of aromatic nitrogens is 2. The average Bonchev–Trinajstić information content (AvgIpc) is 2.86. The molecule has 4 aromatic rings. The molecule has 0 saturated heterocycles. The van der Waals surface area contributed by atoms with Crippen molar-refractivity contribution >= 4 is 16.8 Å². The monoisotopic (exact) mass is 443 g/mol. The first-order valence-electron chi connectivity index (χ1n) is 10.6. The molecule has 0 atom stereocenters. The molecule has 7 heteroatoms. The maximum atomic E-state index is 13.7. The van der Waals surface area contributed by atoms with Gasteiger partial charge in [-0.3, -0.25) is 4.79 Å². The van der Waals surface area contributed by atoms with Crippen molar-refractivity contribution < 1.29 is 18.7 Å². The molecule has 5 rings (SSSR count). The van der Waals surface area contributed by atoms with Gasteiger partial charge in [-0.1, -0.05) is 18.2 Å². The lowest BCUT2D eigenvalue weighted by Crippen LogP contribution is -2.36. The van der Waals surface area contributed by atoms with Gasteiger partial charge in [0, 0.05) is 35.7 Å². The molecule has 0 fully saturated rings. The van der Waals surface area contributed by atoms with E-state index in [1.165, 1.54) is 12.1 Å². The van der Waals surface area contributed by atoms with Gasteiger partial charge >= 0.3 is 0 Å². The van der Waals surface area contributed by atoms with E-state index < -0.39 is 0 Å². The van der Waals surface area contributed by atoms with Gasteiger partial charge in [-0.05, 0) is 48.4 Å². The summed E-state index contributed by atoms with van der Waals surface area (Å²) in [4.78, 5) is 24.7. The van der Waals surface area contributed by atoms with Crippen molar-refractivity contribution in [3.8, 4) is 22.9 Å². The Balaban J connectivity index is 1.55. The normalized spacial score (nSPS) is 13.0. The Labute approximate surface area is 190 Å².